The number of hydrogen-bond donors (Lipinski definition) is 1. The number of ether oxygens (including phenoxy) is 2. The molecule has 0 unspecified atom stereocenters. The molecule has 0 aliphatic rings. The summed E-state index contributed by atoms with van der Waals surface area (Å²) in [6.45, 7) is 5.20. The first-order valence-electron chi connectivity index (χ1n) is 9.56. The van der Waals surface area contributed by atoms with E-state index in [1.807, 2.05) is 50.2 Å². The summed E-state index contributed by atoms with van der Waals surface area (Å²) < 4.78 is 12.1. The number of carbonyl (C=O) groups excluding carboxylic acids is 2. The van der Waals surface area contributed by atoms with Gasteiger partial charge in [-0.1, -0.05) is 18.2 Å². The summed E-state index contributed by atoms with van der Waals surface area (Å²) in [6, 6.07) is 11.6. The first-order chi connectivity index (χ1) is 14.3. The molecule has 156 valence electrons. The predicted molar refractivity (Wildman–Crippen MR) is 116 cm³/mol. The number of aryl methyl sites for hydroxylation is 2. The van der Waals surface area contributed by atoms with Crippen molar-refractivity contribution < 1.29 is 19.1 Å². The molecule has 0 aliphatic heterocycles. The summed E-state index contributed by atoms with van der Waals surface area (Å²) in [5.41, 5.74) is 3.01. The zero-order valence-electron chi connectivity index (χ0n) is 17.7. The summed E-state index contributed by atoms with van der Waals surface area (Å²) in [4.78, 5) is 24.5. The van der Waals surface area contributed by atoms with Crippen molar-refractivity contribution >= 4 is 34.4 Å². The number of rotatable bonds is 6. The van der Waals surface area contributed by atoms with E-state index >= 15 is 0 Å². The molecular weight excluding hydrogens is 382 g/mol. The number of esters is 1. The third-order valence-electron chi connectivity index (χ3n) is 4.90. The van der Waals surface area contributed by atoms with E-state index in [1.165, 1.54) is 13.0 Å². The molecule has 30 heavy (non-hydrogen) atoms. The van der Waals surface area contributed by atoms with Gasteiger partial charge in [0.1, 0.15) is 5.75 Å². The van der Waals surface area contributed by atoms with E-state index in [2.05, 4.69) is 10.4 Å². The maximum atomic E-state index is 12.4. The number of hydrogen-bond acceptors (Lipinski definition) is 5. The molecule has 0 spiro atoms. The molecule has 0 fully saturated rings. The fourth-order valence-corrected chi connectivity index (χ4v) is 3.08. The third-order valence-corrected chi connectivity index (χ3v) is 4.90. The lowest BCUT2D eigenvalue weighted by atomic mass is 10.1. The van der Waals surface area contributed by atoms with Gasteiger partial charge in [-0.3, -0.25) is 9.48 Å². The highest BCUT2D eigenvalue weighted by atomic mass is 16.5. The number of methoxy groups -OCH3 is 1. The van der Waals surface area contributed by atoms with E-state index in [0.717, 1.165) is 27.8 Å². The molecule has 1 atom stereocenters. The Labute approximate surface area is 175 Å². The average Bonchev–Trinajstić information content (AvgIpc) is 2.97. The Morgan fingerprint density at radius 1 is 1.13 bits per heavy atom. The largest absolute Gasteiger partial charge is 0.497 e. The van der Waals surface area contributed by atoms with E-state index in [0.29, 0.717) is 11.4 Å². The Morgan fingerprint density at radius 2 is 1.83 bits per heavy atom. The Hall–Kier alpha value is -3.61. The van der Waals surface area contributed by atoms with Crippen LogP contribution in [0.2, 0.25) is 0 Å². The zero-order chi connectivity index (χ0) is 21.8. The van der Waals surface area contributed by atoms with Crippen molar-refractivity contribution in [3.63, 3.8) is 0 Å². The molecule has 0 saturated heterocycles. The van der Waals surface area contributed by atoms with Crippen LogP contribution in [-0.4, -0.2) is 34.9 Å². The van der Waals surface area contributed by atoms with Crippen molar-refractivity contribution in [1.82, 2.24) is 9.78 Å². The monoisotopic (exact) mass is 407 g/mol. The lowest BCUT2D eigenvalue weighted by Gasteiger charge is -2.12. The molecule has 3 rings (SSSR count). The Bertz CT molecular complexity index is 1130. The van der Waals surface area contributed by atoms with Crippen LogP contribution in [0.5, 0.6) is 5.75 Å². The SMILES string of the molecule is COc1ccc2cc(/C=C/C(=O)O[C@H](C)C(=O)Nc3c(C)nn(C)c3C)ccc2c1. The van der Waals surface area contributed by atoms with Gasteiger partial charge in [-0.2, -0.15) is 5.10 Å². The van der Waals surface area contributed by atoms with Crippen LogP contribution in [0.25, 0.3) is 16.8 Å². The fourth-order valence-electron chi connectivity index (χ4n) is 3.08. The Kier molecular flexibility index (Phi) is 6.20. The number of nitrogens with one attached hydrogen (secondary N) is 1. The van der Waals surface area contributed by atoms with E-state index in [9.17, 15) is 9.59 Å². The third kappa shape index (κ3) is 4.68. The van der Waals surface area contributed by atoms with Gasteiger partial charge in [0.05, 0.1) is 24.2 Å². The van der Waals surface area contributed by atoms with Crippen molar-refractivity contribution in [3.8, 4) is 5.75 Å². The molecule has 1 amide bonds. The minimum absolute atomic E-state index is 0.407. The molecule has 7 nitrogen and oxygen atoms in total. The number of benzene rings is 2. The maximum Gasteiger partial charge on any atom is 0.331 e. The molecule has 0 saturated carbocycles. The lowest BCUT2D eigenvalue weighted by molar-refractivity contribution is -0.148. The first-order valence-corrected chi connectivity index (χ1v) is 9.56. The predicted octanol–water partition coefficient (Wildman–Crippen LogP) is 3.78. The molecule has 1 heterocycles. The minimum atomic E-state index is -0.940. The highest BCUT2D eigenvalue weighted by Gasteiger charge is 2.20. The number of aromatic nitrogens is 2. The number of amides is 1. The first kappa shape index (κ1) is 21.1. The second-order valence-corrected chi connectivity index (χ2v) is 7.04. The molecule has 1 N–H and O–H groups in total. The molecule has 2 aromatic carbocycles. The summed E-state index contributed by atoms with van der Waals surface area (Å²) in [5.74, 6) is -0.207. The van der Waals surface area contributed by atoms with Crippen LogP contribution < -0.4 is 10.1 Å². The number of anilines is 1. The molecule has 3 aromatic rings. The van der Waals surface area contributed by atoms with Gasteiger partial charge >= 0.3 is 5.97 Å². The summed E-state index contributed by atoms with van der Waals surface area (Å²) >= 11 is 0. The van der Waals surface area contributed by atoms with Gasteiger partial charge in [0.15, 0.2) is 6.10 Å². The van der Waals surface area contributed by atoms with Crippen molar-refractivity contribution in [1.29, 1.82) is 0 Å². The topological polar surface area (TPSA) is 82.4 Å². The van der Waals surface area contributed by atoms with Gasteiger partial charge in [0.25, 0.3) is 5.91 Å². The maximum absolute atomic E-state index is 12.4. The van der Waals surface area contributed by atoms with Crippen LogP contribution in [0.1, 0.15) is 23.9 Å². The van der Waals surface area contributed by atoms with Crippen LogP contribution in [0.3, 0.4) is 0 Å². The average molecular weight is 407 g/mol. The van der Waals surface area contributed by atoms with Gasteiger partial charge in [0, 0.05) is 13.1 Å². The lowest BCUT2D eigenvalue weighted by Crippen LogP contribution is -2.29. The zero-order valence-corrected chi connectivity index (χ0v) is 17.7. The summed E-state index contributed by atoms with van der Waals surface area (Å²) in [7, 11) is 3.43. The van der Waals surface area contributed by atoms with Gasteiger partial charge in [0.2, 0.25) is 0 Å². The van der Waals surface area contributed by atoms with Crippen LogP contribution >= 0.6 is 0 Å². The molecule has 7 heteroatoms. The second-order valence-electron chi connectivity index (χ2n) is 7.04. The van der Waals surface area contributed by atoms with Gasteiger partial charge in [-0.25, -0.2) is 4.79 Å². The van der Waals surface area contributed by atoms with Crippen molar-refractivity contribution in [2.24, 2.45) is 7.05 Å². The molecule has 0 bridgehead atoms. The Balaban J connectivity index is 1.62. The quantitative estimate of drug-likeness (QED) is 0.497. The van der Waals surface area contributed by atoms with E-state index < -0.39 is 18.0 Å². The van der Waals surface area contributed by atoms with Gasteiger partial charge < -0.3 is 14.8 Å². The molecule has 0 radical (unpaired) electrons. The minimum Gasteiger partial charge on any atom is -0.497 e. The molecule has 1 aromatic heterocycles. The summed E-state index contributed by atoms with van der Waals surface area (Å²) in [6.07, 6.45) is 2.03. The second kappa shape index (κ2) is 8.82. The highest BCUT2D eigenvalue weighted by molar-refractivity contribution is 5.97. The summed E-state index contributed by atoms with van der Waals surface area (Å²) in [5, 5.41) is 9.10. The van der Waals surface area contributed by atoms with Crippen molar-refractivity contribution in [2.45, 2.75) is 26.9 Å². The smallest absolute Gasteiger partial charge is 0.331 e. The van der Waals surface area contributed by atoms with Gasteiger partial charge in [-0.05, 0) is 61.4 Å². The fraction of sp³-hybridized carbons (Fsp3) is 0.261. The highest BCUT2D eigenvalue weighted by Crippen LogP contribution is 2.22. The molecule has 0 aliphatic carbocycles. The standard InChI is InChI=1S/C23H25N3O4/c1-14-22(15(2)26(4)25-14)24-23(28)16(3)30-21(27)11-7-17-6-8-19-13-20(29-5)10-9-18(19)12-17/h6-13,16H,1-5H3,(H,24,28)/b11-7+/t16-/m1/s1. The van der Waals surface area contributed by atoms with Crippen LogP contribution in [0.4, 0.5) is 5.69 Å². The van der Waals surface area contributed by atoms with Crippen LogP contribution in [-0.2, 0) is 21.4 Å². The van der Waals surface area contributed by atoms with Crippen molar-refractivity contribution in [2.75, 3.05) is 12.4 Å². The van der Waals surface area contributed by atoms with E-state index in [1.54, 1.807) is 24.9 Å². The van der Waals surface area contributed by atoms with Crippen molar-refractivity contribution in [3.05, 3.63) is 59.4 Å². The number of nitrogens with zero attached hydrogens (tertiary/aromatic N) is 2. The van der Waals surface area contributed by atoms with Crippen LogP contribution in [0, 0.1) is 13.8 Å². The van der Waals surface area contributed by atoms with E-state index in [4.69, 9.17) is 9.47 Å². The van der Waals surface area contributed by atoms with E-state index in [-0.39, 0.29) is 0 Å². The Morgan fingerprint density at radius 3 is 2.50 bits per heavy atom. The van der Waals surface area contributed by atoms with Gasteiger partial charge in [-0.15, -0.1) is 0 Å². The number of carbonyl (C=O) groups is 2. The van der Waals surface area contributed by atoms with Crippen LogP contribution in [0.15, 0.2) is 42.5 Å². The number of fused-ring (bicyclic) bond motifs is 1. The normalized spacial score (nSPS) is 12.2. The molecular formula is C23H25N3O4.